The molecule has 394 valence electrons. The molecule has 3 aromatic rings. The van der Waals surface area contributed by atoms with Gasteiger partial charge in [0.25, 0.3) is 0 Å². The van der Waals surface area contributed by atoms with E-state index in [0.717, 1.165) is 128 Å². The van der Waals surface area contributed by atoms with Crippen molar-refractivity contribution >= 4 is 34.3 Å². The van der Waals surface area contributed by atoms with Crippen LogP contribution in [0.3, 0.4) is 0 Å². The highest BCUT2D eigenvalue weighted by molar-refractivity contribution is 6.08. The van der Waals surface area contributed by atoms with E-state index in [1.165, 1.54) is 5.57 Å². The SMILES string of the molecule is CCN(CC)c1ccc2c(-c3ccccc3C(=O)O[C@H]3CC[C@]4(C)[C@H]5C(=O)C=C6[C@@H]7C[C@@](C)(C(=O)NCc8ccccc8)CC[C@]7(C)CC[C@@]6(C)[C@]5(C)CC[C@H]4C3(C)C)c3ccc(=[N+](CC)CC)cc-3oc2c1.[Cl-]. The molecular formula is C65H82ClN3O5. The number of ketones is 1. The molecule has 0 radical (unpaired) electrons. The Morgan fingerprint density at radius 3 is 2.19 bits per heavy atom. The number of nitrogens with zero attached hydrogens (tertiary/aromatic N) is 2. The van der Waals surface area contributed by atoms with Crippen molar-refractivity contribution in [3.63, 3.8) is 0 Å². The maximum absolute atomic E-state index is 15.4. The summed E-state index contributed by atoms with van der Waals surface area (Å²) >= 11 is 0. The third-order valence-electron chi connectivity index (χ3n) is 21.0. The van der Waals surface area contributed by atoms with Crippen LogP contribution in [-0.2, 0) is 20.9 Å². The molecule has 4 fully saturated rings. The molecule has 74 heavy (non-hydrogen) atoms. The minimum absolute atomic E-state index is 0. The van der Waals surface area contributed by atoms with Crippen molar-refractivity contribution in [2.75, 3.05) is 31.1 Å². The molecule has 9 atom stereocenters. The van der Waals surface area contributed by atoms with Crippen LogP contribution in [0.5, 0.6) is 0 Å². The monoisotopic (exact) mass is 1020 g/mol. The molecule has 6 aliphatic carbocycles. The quantitative estimate of drug-likeness (QED) is 0.0805. The van der Waals surface area contributed by atoms with E-state index in [-0.39, 0.29) is 81.0 Å². The van der Waals surface area contributed by atoms with E-state index in [9.17, 15) is 4.79 Å². The van der Waals surface area contributed by atoms with Crippen molar-refractivity contribution in [1.29, 1.82) is 0 Å². The summed E-state index contributed by atoms with van der Waals surface area (Å²) in [6.45, 7) is 29.3. The number of benzene rings is 4. The number of ether oxygens (including phenoxy) is 1. The summed E-state index contributed by atoms with van der Waals surface area (Å²) in [6.07, 6.45) is 9.97. The van der Waals surface area contributed by atoms with Gasteiger partial charge in [-0.15, -0.1) is 0 Å². The minimum atomic E-state index is -0.508. The number of nitrogens with one attached hydrogen (secondary N) is 1. The lowest BCUT2D eigenvalue weighted by molar-refractivity contribution is -0.202. The van der Waals surface area contributed by atoms with Gasteiger partial charge in [0.1, 0.15) is 30.5 Å². The number of halogens is 1. The molecule has 0 saturated heterocycles. The number of rotatable bonds is 11. The zero-order valence-electron chi connectivity index (χ0n) is 46.3. The van der Waals surface area contributed by atoms with Crippen LogP contribution < -0.4 is 32.6 Å². The number of anilines is 1. The van der Waals surface area contributed by atoms with Crippen molar-refractivity contribution in [2.45, 2.75) is 147 Å². The number of hydrogen-bond acceptors (Lipinski definition) is 6. The third-order valence-corrected chi connectivity index (χ3v) is 21.0. The fraction of sp³-hybridized carbons (Fsp3) is 0.538. The molecule has 0 bridgehead atoms. The Hall–Kier alpha value is -5.21. The first kappa shape index (κ1) is 53.6. The first-order valence-electron chi connectivity index (χ1n) is 28.0. The van der Waals surface area contributed by atoms with Crippen LogP contribution in [0.2, 0.25) is 0 Å². The molecule has 8 nitrogen and oxygen atoms in total. The summed E-state index contributed by atoms with van der Waals surface area (Å²) in [4.78, 5) is 46.9. The molecule has 9 heteroatoms. The van der Waals surface area contributed by atoms with Crippen LogP contribution in [0, 0.1) is 50.2 Å². The van der Waals surface area contributed by atoms with Gasteiger partial charge in [-0.3, -0.25) is 9.59 Å². The Morgan fingerprint density at radius 2 is 1.47 bits per heavy atom. The molecule has 4 saturated carbocycles. The van der Waals surface area contributed by atoms with Crippen molar-refractivity contribution in [2.24, 2.45) is 50.2 Å². The molecule has 3 aromatic carbocycles. The fourth-order valence-corrected chi connectivity index (χ4v) is 16.4. The number of esters is 1. The first-order chi connectivity index (χ1) is 34.8. The summed E-state index contributed by atoms with van der Waals surface area (Å²) in [6, 6.07) is 31.0. The Morgan fingerprint density at radius 1 is 0.770 bits per heavy atom. The lowest BCUT2D eigenvalue weighted by Gasteiger charge is -2.70. The molecule has 1 N–H and O–H groups in total. The predicted molar refractivity (Wildman–Crippen MR) is 295 cm³/mol. The van der Waals surface area contributed by atoms with E-state index in [0.29, 0.717) is 18.5 Å². The molecular weight excluding hydrogens is 938 g/mol. The number of carbonyl (C=O) groups is 3. The van der Waals surface area contributed by atoms with Crippen LogP contribution in [0.25, 0.3) is 33.4 Å². The van der Waals surface area contributed by atoms with Gasteiger partial charge in [-0.05, 0) is 160 Å². The maximum atomic E-state index is 15.4. The van der Waals surface area contributed by atoms with Crippen LogP contribution >= 0.6 is 0 Å². The van der Waals surface area contributed by atoms with E-state index in [1.54, 1.807) is 0 Å². The van der Waals surface area contributed by atoms with Crippen LogP contribution in [0.1, 0.15) is 150 Å². The van der Waals surface area contributed by atoms with Gasteiger partial charge in [0.15, 0.2) is 5.78 Å². The average Bonchev–Trinajstić information content (AvgIpc) is 3.37. The average molecular weight is 1020 g/mol. The molecule has 7 aliphatic rings. The summed E-state index contributed by atoms with van der Waals surface area (Å²) in [5, 5.41) is 5.36. The highest BCUT2D eigenvalue weighted by Gasteiger charge is 2.70. The van der Waals surface area contributed by atoms with Crippen LogP contribution in [-0.4, -0.2) is 49.9 Å². The summed E-state index contributed by atoms with van der Waals surface area (Å²) in [5.41, 5.74) is 6.05. The lowest BCUT2D eigenvalue weighted by Crippen LogP contribution is -3.00. The van der Waals surface area contributed by atoms with Crippen LogP contribution in [0.15, 0.2) is 107 Å². The van der Waals surface area contributed by atoms with Gasteiger partial charge in [-0.1, -0.05) is 103 Å². The summed E-state index contributed by atoms with van der Waals surface area (Å²) < 4.78 is 16.0. The van der Waals surface area contributed by atoms with Crippen molar-refractivity contribution in [3.8, 4) is 22.5 Å². The third kappa shape index (κ3) is 8.47. The van der Waals surface area contributed by atoms with Gasteiger partial charge in [0, 0.05) is 70.7 Å². The number of fused-ring (bicyclic) bond motifs is 9. The molecule has 0 unspecified atom stereocenters. The minimum Gasteiger partial charge on any atom is -1.00 e. The van der Waals surface area contributed by atoms with Gasteiger partial charge in [-0.2, -0.15) is 0 Å². The standard InChI is InChI=1S/C65H81N3O5.ClH/c1-12-67(13-2)43-25-27-47-52(37-43)72-53-38-44(68(14-3)15-4)26-28-48(53)56(47)45-23-19-20-24-46(45)58(70)73-55-30-31-63(9)54(60(55,5)6)29-32-65(11)57(63)51(69)39-49-50-40-62(8,34-33-61(50,7)35-36-64(49,65)10)59(71)66-41-42-21-17-16-18-22-42;/h16-28,37-39,50,54-55,57H,12-15,29-36,40-41H2,1-11H3;1H/t50-,54-,55-,57+,61+,62-,63-,64+,65+;/m0./s1. The molecule has 0 spiro atoms. The second kappa shape index (κ2) is 19.7. The second-order valence-corrected chi connectivity index (χ2v) is 24.9. The molecule has 10 rings (SSSR count). The van der Waals surface area contributed by atoms with Gasteiger partial charge < -0.3 is 31.8 Å². The van der Waals surface area contributed by atoms with Crippen molar-refractivity contribution < 1.29 is 35.9 Å². The Balaban J connectivity index is 0.00000672. The van der Waals surface area contributed by atoms with E-state index < -0.39 is 5.41 Å². The number of carbonyl (C=O) groups excluding carboxylic acids is 3. The number of allylic oxidation sites excluding steroid dienone is 2. The van der Waals surface area contributed by atoms with Gasteiger partial charge in [-0.25, -0.2) is 9.37 Å². The fourth-order valence-electron chi connectivity index (χ4n) is 16.4. The van der Waals surface area contributed by atoms with E-state index >= 15 is 9.59 Å². The van der Waals surface area contributed by atoms with E-state index in [1.807, 2.05) is 36.4 Å². The van der Waals surface area contributed by atoms with Crippen molar-refractivity contribution in [1.82, 2.24) is 9.89 Å². The Labute approximate surface area is 447 Å². The summed E-state index contributed by atoms with van der Waals surface area (Å²) in [5.74, 6) is 1.06. The van der Waals surface area contributed by atoms with Gasteiger partial charge in [0.2, 0.25) is 11.3 Å². The second-order valence-electron chi connectivity index (χ2n) is 24.9. The van der Waals surface area contributed by atoms with Crippen molar-refractivity contribution in [3.05, 3.63) is 119 Å². The largest absolute Gasteiger partial charge is 1.00 e. The summed E-state index contributed by atoms with van der Waals surface area (Å²) in [7, 11) is 0. The molecule has 1 amide bonds. The predicted octanol–water partition coefficient (Wildman–Crippen LogP) is 10.7. The normalized spacial score (nSPS) is 30.9. The molecule has 0 aromatic heterocycles. The maximum Gasteiger partial charge on any atom is 0.339 e. The first-order valence-corrected chi connectivity index (χ1v) is 28.0. The smallest absolute Gasteiger partial charge is 0.339 e. The zero-order chi connectivity index (χ0) is 51.9. The zero-order valence-corrected chi connectivity index (χ0v) is 47.0. The lowest BCUT2D eigenvalue weighted by atomic mass is 9.33. The number of amides is 1. The molecule has 1 aliphatic heterocycles. The van der Waals surface area contributed by atoms with E-state index in [4.69, 9.17) is 9.15 Å². The highest BCUT2D eigenvalue weighted by Crippen LogP contribution is 2.75. The Kier molecular flexibility index (Phi) is 14.3. The van der Waals surface area contributed by atoms with E-state index in [2.05, 4.69) is 152 Å². The van der Waals surface area contributed by atoms with Gasteiger partial charge in [0.05, 0.1) is 11.6 Å². The molecule has 1 heterocycles. The Bertz CT molecular complexity index is 3040. The van der Waals surface area contributed by atoms with Crippen LogP contribution in [0.4, 0.5) is 5.69 Å². The topological polar surface area (TPSA) is 91.9 Å². The number of hydrogen-bond donors (Lipinski definition) is 1. The van der Waals surface area contributed by atoms with Gasteiger partial charge >= 0.3 is 5.97 Å². The highest BCUT2D eigenvalue weighted by atomic mass is 35.5.